The Balaban J connectivity index is 2.69. The van der Waals surface area contributed by atoms with Gasteiger partial charge in [-0.15, -0.1) is 0 Å². The largest absolute Gasteiger partial charge is 0.497 e. The number of methoxy groups -OCH3 is 1. The summed E-state index contributed by atoms with van der Waals surface area (Å²) < 4.78 is 33.1. The van der Waals surface area contributed by atoms with Crippen LogP contribution in [0.1, 0.15) is 0 Å². The van der Waals surface area contributed by atoms with Crippen LogP contribution in [-0.4, -0.2) is 31.4 Å². The first-order chi connectivity index (χ1) is 7.96. The summed E-state index contributed by atoms with van der Waals surface area (Å²) in [5, 5.41) is 0.540. The molecule has 1 aromatic carbocycles. The summed E-state index contributed by atoms with van der Waals surface area (Å²) in [6, 6.07) is 6.38. The maximum Gasteiger partial charge on any atom is 0.310 e. The Morgan fingerprint density at radius 3 is 2.24 bits per heavy atom. The molecule has 0 aliphatic heterocycles. The fraction of sp³-hybridized carbons (Fsp3) is 0.400. The van der Waals surface area contributed by atoms with Gasteiger partial charge in [0.1, 0.15) is 11.5 Å². The quantitative estimate of drug-likeness (QED) is 0.556. The van der Waals surface area contributed by atoms with Crippen LogP contribution in [0, 0.1) is 0 Å². The van der Waals surface area contributed by atoms with E-state index >= 15 is 0 Å². The van der Waals surface area contributed by atoms with Crippen LogP contribution in [-0.2, 0) is 10.1 Å². The molecule has 7 heteroatoms. The van der Waals surface area contributed by atoms with Gasteiger partial charge in [0.25, 0.3) is 0 Å². The second-order valence-corrected chi connectivity index (χ2v) is 6.79. The van der Waals surface area contributed by atoms with E-state index in [0.29, 0.717) is 11.1 Å². The van der Waals surface area contributed by atoms with Crippen molar-refractivity contribution in [3.05, 3.63) is 24.3 Å². The summed E-state index contributed by atoms with van der Waals surface area (Å²) in [5.74, 6) is 0.832. The zero-order valence-corrected chi connectivity index (χ0v) is 13.1. The molecule has 1 rings (SSSR count). The first kappa shape index (κ1) is 14.8. The van der Waals surface area contributed by atoms with Gasteiger partial charge in [-0.05, 0) is 24.3 Å². The monoisotopic (exact) mass is 386 g/mol. The zero-order chi connectivity index (χ0) is 12.9. The van der Waals surface area contributed by atoms with Crippen LogP contribution >= 0.6 is 31.9 Å². The highest BCUT2D eigenvalue weighted by Gasteiger charge is 2.18. The molecular weight excluding hydrogens is 376 g/mol. The summed E-state index contributed by atoms with van der Waals surface area (Å²) in [5.41, 5.74) is 0. The molecule has 0 radical (unpaired) electrons. The molecule has 1 unspecified atom stereocenters. The Morgan fingerprint density at radius 2 is 1.76 bits per heavy atom. The molecule has 1 aromatic rings. The van der Waals surface area contributed by atoms with Crippen molar-refractivity contribution in [2.75, 3.05) is 18.2 Å². The summed E-state index contributed by atoms with van der Waals surface area (Å²) in [6.45, 7) is 0. The molecule has 0 aromatic heterocycles. The summed E-state index contributed by atoms with van der Waals surface area (Å²) >= 11 is 6.41. The van der Waals surface area contributed by atoms with Gasteiger partial charge >= 0.3 is 10.1 Å². The van der Waals surface area contributed by atoms with E-state index in [1.807, 2.05) is 0 Å². The maximum atomic E-state index is 11.6. The van der Waals surface area contributed by atoms with Gasteiger partial charge in [-0.2, -0.15) is 8.42 Å². The van der Waals surface area contributed by atoms with Gasteiger partial charge in [0.15, 0.2) is 0 Å². The van der Waals surface area contributed by atoms with Crippen LogP contribution in [0.2, 0.25) is 0 Å². The molecule has 0 fully saturated rings. The Hall–Kier alpha value is -0.270. The SMILES string of the molecule is COc1ccc(OS(=O)(=O)CC(Br)CBr)cc1. The van der Waals surface area contributed by atoms with Crippen LogP contribution in [0.5, 0.6) is 11.5 Å². The molecule has 17 heavy (non-hydrogen) atoms. The Bertz CT molecular complexity index is 444. The lowest BCUT2D eigenvalue weighted by Gasteiger charge is -2.09. The first-order valence-corrected chi connectivity index (χ1v) is 8.34. The second kappa shape index (κ2) is 6.61. The molecule has 0 N–H and O–H groups in total. The number of benzene rings is 1. The van der Waals surface area contributed by atoms with Gasteiger partial charge in [-0.1, -0.05) is 31.9 Å². The van der Waals surface area contributed by atoms with Crippen molar-refractivity contribution in [2.45, 2.75) is 4.83 Å². The van der Waals surface area contributed by atoms with E-state index in [2.05, 4.69) is 31.9 Å². The van der Waals surface area contributed by atoms with Gasteiger partial charge in [-0.25, -0.2) is 0 Å². The lowest BCUT2D eigenvalue weighted by molar-refractivity contribution is 0.413. The third-order valence-electron chi connectivity index (χ3n) is 1.84. The predicted octanol–water partition coefficient (Wildman–Crippen LogP) is 2.56. The minimum Gasteiger partial charge on any atom is -0.497 e. The summed E-state index contributed by atoms with van der Waals surface area (Å²) in [7, 11) is -2.04. The standard InChI is InChI=1S/C10H12Br2O4S/c1-15-9-2-4-10(5-3-9)16-17(13,14)7-8(12)6-11/h2-5,8H,6-7H2,1H3. The highest BCUT2D eigenvalue weighted by atomic mass is 79.9. The molecule has 0 aliphatic rings. The molecule has 0 bridgehead atoms. The molecule has 0 amide bonds. The van der Waals surface area contributed by atoms with E-state index in [0.717, 1.165) is 0 Å². The lowest BCUT2D eigenvalue weighted by atomic mass is 10.3. The van der Waals surface area contributed by atoms with Crippen molar-refractivity contribution < 1.29 is 17.3 Å². The average molecular weight is 388 g/mol. The van der Waals surface area contributed by atoms with Gasteiger partial charge in [0.2, 0.25) is 0 Å². The van der Waals surface area contributed by atoms with Crippen LogP contribution in [0.15, 0.2) is 24.3 Å². The average Bonchev–Trinajstić information content (AvgIpc) is 2.28. The highest BCUT2D eigenvalue weighted by molar-refractivity contribution is 9.12. The third-order valence-corrected chi connectivity index (χ3v) is 5.82. The zero-order valence-electron chi connectivity index (χ0n) is 9.10. The molecule has 0 spiro atoms. The van der Waals surface area contributed by atoms with Crippen molar-refractivity contribution in [3.63, 3.8) is 0 Å². The Kier molecular flexibility index (Phi) is 5.75. The summed E-state index contributed by atoms with van der Waals surface area (Å²) in [4.78, 5) is -0.175. The van der Waals surface area contributed by atoms with Crippen molar-refractivity contribution in [1.82, 2.24) is 0 Å². The van der Waals surface area contributed by atoms with Gasteiger partial charge in [0.05, 0.1) is 12.9 Å². The van der Waals surface area contributed by atoms with Crippen molar-refractivity contribution in [3.8, 4) is 11.5 Å². The Labute approximate surface area is 118 Å². The molecule has 4 nitrogen and oxygen atoms in total. The third kappa shape index (κ3) is 5.27. The second-order valence-electron chi connectivity index (χ2n) is 3.23. The van der Waals surface area contributed by atoms with E-state index in [-0.39, 0.29) is 16.3 Å². The fourth-order valence-electron chi connectivity index (χ4n) is 1.08. The normalized spacial score (nSPS) is 13.1. The number of alkyl halides is 2. The number of halogens is 2. The fourth-order valence-corrected chi connectivity index (χ4v) is 3.61. The number of hydrogen-bond acceptors (Lipinski definition) is 4. The van der Waals surface area contributed by atoms with Crippen molar-refractivity contribution in [2.24, 2.45) is 0 Å². The molecule has 1 atom stereocenters. The van der Waals surface area contributed by atoms with Crippen LogP contribution in [0.4, 0.5) is 0 Å². The molecular formula is C10H12Br2O4S. The smallest absolute Gasteiger partial charge is 0.310 e. The van der Waals surface area contributed by atoms with E-state index in [9.17, 15) is 8.42 Å². The predicted molar refractivity (Wildman–Crippen MR) is 73.9 cm³/mol. The van der Waals surface area contributed by atoms with Gasteiger partial charge in [0, 0.05) is 10.2 Å². The number of rotatable bonds is 6. The van der Waals surface area contributed by atoms with Crippen molar-refractivity contribution >= 4 is 42.0 Å². The van der Waals surface area contributed by atoms with E-state index in [4.69, 9.17) is 8.92 Å². The molecule has 0 aliphatic carbocycles. The van der Waals surface area contributed by atoms with E-state index < -0.39 is 10.1 Å². The van der Waals surface area contributed by atoms with E-state index in [1.54, 1.807) is 24.3 Å². The molecule has 0 heterocycles. The molecule has 0 saturated heterocycles. The van der Waals surface area contributed by atoms with Crippen LogP contribution in [0.3, 0.4) is 0 Å². The maximum absolute atomic E-state index is 11.6. The van der Waals surface area contributed by atoms with Crippen LogP contribution < -0.4 is 8.92 Å². The number of ether oxygens (including phenoxy) is 1. The first-order valence-electron chi connectivity index (χ1n) is 4.73. The topological polar surface area (TPSA) is 52.6 Å². The van der Waals surface area contributed by atoms with Gasteiger partial charge in [-0.3, -0.25) is 0 Å². The molecule has 96 valence electrons. The summed E-state index contributed by atoms with van der Waals surface area (Å²) in [6.07, 6.45) is 0. The Morgan fingerprint density at radius 1 is 1.24 bits per heavy atom. The van der Waals surface area contributed by atoms with Crippen LogP contribution in [0.25, 0.3) is 0 Å². The lowest BCUT2D eigenvalue weighted by Crippen LogP contribution is -2.21. The number of hydrogen-bond donors (Lipinski definition) is 0. The minimum atomic E-state index is -3.58. The minimum absolute atomic E-state index is 0.0930. The van der Waals surface area contributed by atoms with Gasteiger partial charge < -0.3 is 8.92 Å². The highest BCUT2D eigenvalue weighted by Crippen LogP contribution is 2.19. The molecule has 0 saturated carbocycles. The van der Waals surface area contributed by atoms with E-state index in [1.165, 1.54) is 7.11 Å². The van der Waals surface area contributed by atoms with Crippen molar-refractivity contribution in [1.29, 1.82) is 0 Å².